The molecule has 116 valence electrons. The Morgan fingerprint density at radius 3 is 1.19 bits per heavy atom. The van der Waals surface area contributed by atoms with Gasteiger partial charge in [-0.3, -0.25) is 4.57 Å². The molecule has 0 fully saturated rings. The summed E-state index contributed by atoms with van der Waals surface area (Å²) in [5, 5.41) is 0.937. The van der Waals surface area contributed by atoms with Crippen LogP contribution in [0.15, 0.2) is 60.7 Å². The Balaban J connectivity index is 0.000000578. The van der Waals surface area contributed by atoms with E-state index in [1.807, 2.05) is 12.1 Å². The molecule has 0 aliphatic carbocycles. The van der Waals surface area contributed by atoms with Crippen molar-refractivity contribution in [1.82, 2.24) is 0 Å². The highest BCUT2D eigenvalue weighted by Gasteiger charge is 2.22. The lowest BCUT2D eigenvalue weighted by Gasteiger charge is -2.11. The van der Waals surface area contributed by atoms with E-state index < -0.39 is 7.37 Å². The summed E-state index contributed by atoms with van der Waals surface area (Å²) in [4.78, 5) is 10.0. The van der Waals surface area contributed by atoms with Gasteiger partial charge in [0.2, 0.25) is 0 Å². The molecule has 0 heterocycles. The van der Waals surface area contributed by atoms with Crippen LogP contribution in [0.3, 0.4) is 0 Å². The maximum atomic E-state index is 12.2. The van der Waals surface area contributed by atoms with E-state index in [1.165, 1.54) is 12.8 Å². The van der Waals surface area contributed by atoms with E-state index in [-0.39, 0.29) is 0 Å². The molecule has 0 saturated carbocycles. The van der Waals surface area contributed by atoms with Gasteiger partial charge in [0.15, 0.2) is 0 Å². The van der Waals surface area contributed by atoms with Crippen molar-refractivity contribution in [3.05, 3.63) is 60.7 Å². The first-order valence-corrected chi connectivity index (χ1v) is 9.14. The molecule has 0 saturated heterocycles. The second-order valence-corrected chi connectivity index (χ2v) is 6.85. The molecule has 0 aliphatic rings. The van der Waals surface area contributed by atoms with Gasteiger partial charge >= 0.3 is 0 Å². The van der Waals surface area contributed by atoms with Gasteiger partial charge in [-0.2, -0.15) is 0 Å². The standard InChI is InChI=1S/C12H11O2P.2C3H8/c13-15(14,11-7-3-1-4-8-11)12-9-5-2-6-10-12;2*1-3-2/h1-10H,(H,13,14);2*3H2,1-2H3. The highest BCUT2D eigenvalue weighted by atomic mass is 31.2. The van der Waals surface area contributed by atoms with Crippen LogP contribution in [0, 0.1) is 0 Å². The molecule has 2 rings (SSSR count). The molecule has 0 amide bonds. The summed E-state index contributed by atoms with van der Waals surface area (Å²) in [7, 11) is -3.40. The Bertz CT molecular complexity index is 464. The topological polar surface area (TPSA) is 37.3 Å². The third-order valence-corrected chi connectivity index (χ3v) is 4.21. The summed E-state index contributed by atoms with van der Waals surface area (Å²) >= 11 is 0. The van der Waals surface area contributed by atoms with Gasteiger partial charge in [-0.1, -0.05) is 76.9 Å². The van der Waals surface area contributed by atoms with Crippen LogP contribution in [0.5, 0.6) is 0 Å². The molecule has 21 heavy (non-hydrogen) atoms. The summed E-state index contributed by atoms with van der Waals surface area (Å²) < 4.78 is 12.2. The molecule has 0 atom stereocenters. The van der Waals surface area contributed by atoms with Crippen LogP contribution in [0.25, 0.3) is 0 Å². The molecule has 3 heteroatoms. The Hall–Kier alpha value is -1.37. The summed E-state index contributed by atoms with van der Waals surface area (Å²) in [6.45, 7) is 8.50. The van der Waals surface area contributed by atoms with Crippen molar-refractivity contribution < 1.29 is 9.46 Å². The second kappa shape index (κ2) is 11.3. The first-order chi connectivity index (χ1) is 10.0. The summed E-state index contributed by atoms with van der Waals surface area (Å²) in [5.74, 6) is 0. The fraction of sp³-hybridized carbons (Fsp3) is 0.333. The number of rotatable bonds is 2. The first kappa shape index (κ1) is 19.6. The third kappa shape index (κ3) is 7.27. The predicted molar refractivity (Wildman–Crippen MR) is 93.9 cm³/mol. The monoisotopic (exact) mass is 306 g/mol. The molecule has 0 spiro atoms. The van der Waals surface area contributed by atoms with Crippen LogP contribution in [-0.4, -0.2) is 4.89 Å². The minimum atomic E-state index is -3.40. The lowest BCUT2D eigenvalue weighted by atomic mass is 10.4. The zero-order valence-corrected chi connectivity index (χ0v) is 14.4. The Kier molecular flexibility index (Phi) is 10.6. The summed E-state index contributed by atoms with van der Waals surface area (Å²) in [6.07, 6.45) is 2.50. The fourth-order valence-electron chi connectivity index (χ4n) is 1.41. The maximum Gasteiger partial charge on any atom is 0.258 e. The van der Waals surface area contributed by atoms with Gasteiger partial charge in [-0.25, -0.2) is 0 Å². The van der Waals surface area contributed by atoms with E-state index in [4.69, 9.17) is 0 Å². The smallest absolute Gasteiger partial charge is 0.258 e. The minimum Gasteiger partial charge on any atom is -0.338 e. The highest BCUT2D eigenvalue weighted by Crippen LogP contribution is 2.37. The molecule has 2 aromatic carbocycles. The van der Waals surface area contributed by atoms with Crippen molar-refractivity contribution in [3.63, 3.8) is 0 Å². The van der Waals surface area contributed by atoms with E-state index in [2.05, 4.69) is 27.7 Å². The maximum absolute atomic E-state index is 12.2. The van der Waals surface area contributed by atoms with E-state index in [9.17, 15) is 9.46 Å². The SMILES string of the molecule is CCC.CCC.O=P(O)(c1ccccc1)c1ccccc1. The van der Waals surface area contributed by atoms with E-state index in [1.54, 1.807) is 48.5 Å². The molecular weight excluding hydrogens is 279 g/mol. The van der Waals surface area contributed by atoms with Crippen LogP contribution in [-0.2, 0) is 4.57 Å². The van der Waals surface area contributed by atoms with Crippen molar-refractivity contribution in [1.29, 1.82) is 0 Å². The lowest BCUT2D eigenvalue weighted by molar-refractivity contribution is 0.501. The Labute approximate surface area is 129 Å². The molecule has 0 radical (unpaired) electrons. The van der Waals surface area contributed by atoms with Gasteiger partial charge in [-0.05, 0) is 24.3 Å². The second-order valence-electron chi connectivity index (χ2n) is 4.66. The van der Waals surface area contributed by atoms with Gasteiger partial charge in [0.25, 0.3) is 7.37 Å². The number of hydrogen-bond acceptors (Lipinski definition) is 1. The molecule has 0 aromatic heterocycles. The molecule has 2 nitrogen and oxygen atoms in total. The molecule has 1 N–H and O–H groups in total. The van der Waals surface area contributed by atoms with Gasteiger partial charge in [0, 0.05) is 10.6 Å². The van der Waals surface area contributed by atoms with Gasteiger partial charge in [0.1, 0.15) is 0 Å². The summed E-state index contributed by atoms with van der Waals surface area (Å²) in [5.41, 5.74) is 0. The quantitative estimate of drug-likeness (QED) is 0.814. The average Bonchev–Trinajstić information content (AvgIpc) is 2.51. The largest absolute Gasteiger partial charge is 0.338 e. The Morgan fingerprint density at radius 2 is 0.952 bits per heavy atom. The van der Waals surface area contributed by atoms with Crippen LogP contribution in [0.1, 0.15) is 40.5 Å². The van der Waals surface area contributed by atoms with Crippen molar-refractivity contribution in [3.8, 4) is 0 Å². The average molecular weight is 306 g/mol. The Morgan fingerprint density at radius 1 is 0.714 bits per heavy atom. The fourth-order valence-corrected chi connectivity index (χ4v) is 2.86. The molecule has 0 aliphatic heterocycles. The van der Waals surface area contributed by atoms with Crippen LogP contribution in [0.2, 0.25) is 0 Å². The normalized spacial score (nSPS) is 9.76. The van der Waals surface area contributed by atoms with Crippen LogP contribution in [0.4, 0.5) is 0 Å². The van der Waals surface area contributed by atoms with Crippen LogP contribution < -0.4 is 10.6 Å². The molecule has 0 unspecified atom stereocenters. The summed E-state index contributed by atoms with van der Waals surface area (Å²) in [6, 6.07) is 17.4. The lowest BCUT2D eigenvalue weighted by Crippen LogP contribution is -2.14. The molecular formula is C18H27O2P. The molecule has 0 bridgehead atoms. The van der Waals surface area contributed by atoms with E-state index in [0.29, 0.717) is 10.6 Å². The van der Waals surface area contributed by atoms with Gasteiger partial charge in [-0.15, -0.1) is 0 Å². The van der Waals surface area contributed by atoms with Crippen molar-refractivity contribution >= 4 is 18.0 Å². The van der Waals surface area contributed by atoms with Gasteiger partial charge < -0.3 is 4.89 Å². The predicted octanol–water partition coefficient (Wildman–Crippen LogP) is 4.74. The van der Waals surface area contributed by atoms with Crippen molar-refractivity contribution in [2.24, 2.45) is 0 Å². The zero-order valence-electron chi connectivity index (χ0n) is 13.5. The van der Waals surface area contributed by atoms with Crippen LogP contribution >= 0.6 is 7.37 Å². The van der Waals surface area contributed by atoms with E-state index in [0.717, 1.165) is 0 Å². The van der Waals surface area contributed by atoms with E-state index >= 15 is 0 Å². The zero-order chi connectivity index (χ0) is 16.1. The first-order valence-electron chi connectivity index (χ1n) is 7.48. The van der Waals surface area contributed by atoms with Gasteiger partial charge in [0.05, 0.1) is 0 Å². The third-order valence-electron chi connectivity index (χ3n) is 2.21. The van der Waals surface area contributed by atoms with Crippen molar-refractivity contribution in [2.45, 2.75) is 40.5 Å². The molecule has 2 aromatic rings. The van der Waals surface area contributed by atoms with Crippen molar-refractivity contribution in [2.75, 3.05) is 0 Å². The minimum absolute atomic E-state index is 0.469. The highest BCUT2D eigenvalue weighted by molar-refractivity contribution is 7.73. The number of benzene rings is 2. The number of hydrogen-bond donors (Lipinski definition) is 1.